The third-order valence-corrected chi connectivity index (χ3v) is 5.46. The normalized spacial score (nSPS) is 11.0. The molecule has 3 aromatic rings. The molecule has 0 unspecified atom stereocenters. The molecule has 4 nitrogen and oxygen atoms in total. The number of fused-ring (bicyclic) bond motifs is 1. The van der Waals surface area contributed by atoms with Crippen molar-refractivity contribution >= 4 is 55.4 Å². The molecule has 0 saturated heterocycles. The lowest BCUT2D eigenvalue weighted by atomic mass is 10.2. The predicted octanol–water partition coefficient (Wildman–Crippen LogP) is 4.61. The van der Waals surface area contributed by atoms with Crippen molar-refractivity contribution < 1.29 is 4.79 Å². The molecule has 0 radical (unpaired) electrons. The van der Waals surface area contributed by atoms with Crippen molar-refractivity contribution in [3.05, 3.63) is 39.2 Å². The summed E-state index contributed by atoms with van der Waals surface area (Å²) in [5, 5.41) is 13.6. The SMILES string of the molecule is CCCc1nnc(NC(=O)c2sc3ccccc3c2Cl)s1. The number of aryl methyl sites for hydroxylation is 1. The molecule has 0 aliphatic heterocycles. The summed E-state index contributed by atoms with van der Waals surface area (Å²) in [6, 6.07) is 7.70. The molecule has 0 bridgehead atoms. The predicted molar refractivity (Wildman–Crippen MR) is 88.7 cm³/mol. The van der Waals surface area contributed by atoms with Crippen molar-refractivity contribution in [1.82, 2.24) is 10.2 Å². The fourth-order valence-corrected chi connectivity index (χ4v) is 4.18. The summed E-state index contributed by atoms with van der Waals surface area (Å²) >= 11 is 9.07. The highest BCUT2D eigenvalue weighted by molar-refractivity contribution is 7.22. The van der Waals surface area contributed by atoms with E-state index in [0.29, 0.717) is 15.0 Å². The van der Waals surface area contributed by atoms with Gasteiger partial charge in [-0.15, -0.1) is 21.5 Å². The quantitative estimate of drug-likeness (QED) is 0.756. The average Bonchev–Trinajstić information content (AvgIpc) is 3.05. The summed E-state index contributed by atoms with van der Waals surface area (Å²) in [5.74, 6) is -0.236. The number of amides is 1. The minimum Gasteiger partial charge on any atom is -0.296 e. The van der Waals surface area contributed by atoms with Crippen LogP contribution in [0.5, 0.6) is 0 Å². The first kappa shape index (κ1) is 14.4. The fraction of sp³-hybridized carbons (Fsp3) is 0.214. The van der Waals surface area contributed by atoms with Gasteiger partial charge in [-0.2, -0.15) is 0 Å². The first-order chi connectivity index (χ1) is 10.2. The van der Waals surface area contributed by atoms with Gasteiger partial charge in [-0.3, -0.25) is 10.1 Å². The Hall–Kier alpha value is -1.50. The van der Waals surface area contributed by atoms with Crippen LogP contribution in [0, 0.1) is 0 Å². The number of halogens is 1. The Labute approximate surface area is 134 Å². The molecule has 0 aliphatic rings. The number of aromatic nitrogens is 2. The Morgan fingerprint density at radius 1 is 1.29 bits per heavy atom. The fourth-order valence-electron chi connectivity index (χ4n) is 1.93. The van der Waals surface area contributed by atoms with Crippen molar-refractivity contribution in [2.75, 3.05) is 5.32 Å². The van der Waals surface area contributed by atoms with Gasteiger partial charge in [0.2, 0.25) is 5.13 Å². The minimum absolute atomic E-state index is 0.236. The number of hydrogen-bond acceptors (Lipinski definition) is 5. The van der Waals surface area contributed by atoms with E-state index in [4.69, 9.17) is 11.6 Å². The van der Waals surface area contributed by atoms with E-state index in [1.54, 1.807) is 0 Å². The maximum atomic E-state index is 12.3. The molecule has 0 atom stereocenters. The molecule has 108 valence electrons. The summed E-state index contributed by atoms with van der Waals surface area (Å²) < 4.78 is 0.997. The van der Waals surface area contributed by atoms with E-state index < -0.39 is 0 Å². The molecule has 0 fully saturated rings. The van der Waals surface area contributed by atoms with Crippen LogP contribution in [0.2, 0.25) is 5.02 Å². The number of carbonyl (C=O) groups excluding carboxylic acids is 1. The lowest BCUT2D eigenvalue weighted by Crippen LogP contribution is -2.10. The second-order valence-electron chi connectivity index (χ2n) is 4.45. The highest BCUT2D eigenvalue weighted by atomic mass is 35.5. The van der Waals surface area contributed by atoms with Crippen LogP contribution in [0.3, 0.4) is 0 Å². The number of anilines is 1. The minimum atomic E-state index is -0.236. The standard InChI is InChI=1S/C14H12ClN3OS2/c1-2-5-10-17-18-14(21-10)16-13(19)12-11(15)8-6-3-4-7-9(8)20-12/h3-4,6-7H,2,5H2,1H3,(H,16,18,19). The largest absolute Gasteiger partial charge is 0.296 e. The second kappa shape index (κ2) is 6.09. The van der Waals surface area contributed by atoms with Gasteiger partial charge in [-0.25, -0.2) is 0 Å². The van der Waals surface area contributed by atoms with E-state index in [1.807, 2.05) is 24.3 Å². The van der Waals surface area contributed by atoms with Crippen molar-refractivity contribution in [2.45, 2.75) is 19.8 Å². The van der Waals surface area contributed by atoms with Crippen LogP contribution in [0.15, 0.2) is 24.3 Å². The average molecular weight is 338 g/mol. The van der Waals surface area contributed by atoms with Gasteiger partial charge in [0, 0.05) is 16.5 Å². The maximum absolute atomic E-state index is 12.3. The molecule has 0 saturated carbocycles. The summed E-state index contributed by atoms with van der Waals surface area (Å²) in [4.78, 5) is 12.8. The first-order valence-electron chi connectivity index (χ1n) is 6.49. The summed E-state index contributed by atoms with van der Waals surface area (Å²) in [6.45, 7) is 2.08. The van der Waals surface area contributed by atoms with Gasteiger partial charge >= 0.3 is 0 Å². The number of hydrogen-bond donors (Lipinski definition) is 1. The van der Waals surface area contributed by atoms with Crippen molar-refractivity contribution in [1.29, 1.82) is 0 Å². The third kappa shape index (κ3) is 2.92. The number of nitrogens with one attached hydrogen (secondary N) is 1. The molecule has 21 heavy (non-hydrogen) atoms. The molecule has 2 heterocycles. The number of rotatable bonds is 4. The van der Waals surface area contributed by atoms with E-state index in [1.165, 1.54) is 22.7 Å². The van der Waals surface area contributed by atoms with E-state index in [9.17, 15) is 4.79 Å². The lowest BCUT2D eigenvalue weighted by Gasteiger charge is -1.98. The Kier molecular flexibility index (Phi) is 4.19. The number of thiophene rings is 1. The Morgan fingerprint density at radius 3 is 2.86 bits per heavy atom. The zero-order chi connectivity index (χ0) is 14.8. The van der Waals surface area contributed by atoms with Crippen molar-refractivity contribution in [2.24, 2.45) is 0 Å². The van der Waals surface area contributed by atoms with Crippen LogP contribution in [-0.2, 0) is 6.42 Å². The molecule has 7 heteroatoms. The second-order valence-corrected chi connectivity index (χ2v) is 6.94. The molecule has 1 amide bonds. The topological polar surface area (TPSA) is 54.9 Å². The highest BCUT2D eigenvalue weighted by Gasteiger charge is 2.18. The molecular formula is C14H12ClN3OS2. The van der Waals surface area contributed by atoms with Crippen LogP contribution in [0.25, 0.3) is 10.1 Å². The van der Waals surface area contributed by atoms with Crippen molar-refractivity contribution in [3.63, 3.8) is 0 Å². The number of nitrogens with zero attached hydrogens (tertiary/aromatic N) is 2. The highest BCUT2D eigenvalue weighted by Crippen LogP contribution is 2.35. The van der Waals surface area contributed by atoms with Gasteiger partial charge in [-0.05, 0) is 12.5 Å². The maximum Gasteiger partial charge on any atom is 0.269 e. The van der Waals surface area contributed by atoms with Gasteiger partial charge in [0.05, 0.1) is 5.02 Å². The van der Waals surface area contributed by atoms with Gasteiger partial charge in [0.1, 0.15) is 9.88 Å². The zero-order valence-corrected chi connectivity index (χ0v) is 13.6. The van der Waals surface area contributed by atoms with Crippen LogP contribution in [0.1, 0.15) is 28.0 Å². The molecule has 1 aromatic carbocycles. The Balaban J connectivity index is 1.84. The Bertz CT molecular complexity index is 796. The molecule has 1 N–H and O–H groups in total. The Morgan fingerprint density at radius 2 is 2.10 bits per heavy atom. The van der Waals surface area contributed by atoms with E-state index in [-0.39, 0.29) is 5.91 Å². The number of benzene rings is 1. The van der Waals surface area contributed by atoms with Crippen LogP contribution >= 0.6 is 34.3 Å². The lowest BCUT2D eigenvalue weighted by molar-refractivity contribution is 0.103. The van der Waals surface area contributed by atoms with E-state index in [0.717, 1.165) is 27.9 Å². The first-order valence-corrected chi connectivity index (χ1v) is 8.51. The monoisotopic (exact) mass is 337 g/mol. The van der Waals surface area contributed by atoms with Gasteiger partial charge in [0.15, 0.2) is 0 Å². The molecule has 3 rings (SSSR count). The van der Waals surface area contributed by atoms with E-state index >= 15 is 0 Å². The summed E-state index contributed by atoms with van der Waals surface area (Å²) in [7, 11) is 0. The van der Waals surface area contributed by atoms with E-state index in [2.05, 4.69) is 22.4 Å². The summed E-state index contributed by atoms with van der Waals surface area (Å²) in [5.41, 5.74) is 0. The summed E-state index contributed by atoms with van der Waals surface area (Å²) in [6.07, 6.45) is 1.88. The van der Waals surface area contributed by atoms with Crippen LogP contribution < -0.4 is 5.32 Å². The third-order valence-electron chi connectivity index (χ3n) is 2.89. The smallest absolute Gasteiger partial charge is 0.269 e. The molecule has 2 aromatic heterocycles. The molecule has 0 aliphatic carbocycles. The van der Waals surface area contributed by atoms with Crippen molar-refractivity contribution in [3.8, 4) is 0 Å². The van der Waals surface area contributed by atoms with Gasteiger partial charge in [-0.1, -0.05) is 48.1 Å². The van der Waals surface area contributed by atoms with Gasteiger partial charge in [0.25, 0.3) is 5.91 Å². The molecule has 0 spiro atoms. The number of carbonyl (C=O) groups is 1. The van der Waals surface area contributed by atoms with Crippen LogP contribution in [0.4, 0.5) is 5.13 Å². The molecular weight excluding hydrogens is 326 g/mol. The van der Waals surface area contributed by atoms with Gasteiger partial charge < -0.3 is 0 Å². The van der Waals surface area contributed by atoms with Crippen LogP contribution in [-0.4, -0.2) is 16.1 Å². The zero-order valence-electron chi connectivity index (χ0n) is 11.2.